The van der Waals surface area contributed by atoms with Crippen molar-refractivity contribution in [1.29, 1.82) is 0 Å². The summed E-state index contributed by atoms with van der Waals surface area (Å²) in [4.78, 5) is 5.44. The van der Waals surface area contributed by atoms with Crippen molar-refractivity contribution in [3.8, 4) is 0 Å². The lowest BCUT2D eigenvalue weighted by molar-refractivity contribution is -0.0740. The first kappa shape index (κ1) is 16.0. The molecule has 2 atom stereocenters. The number of likely N-dealkylation sites (tertiary alicyclic amines) is 2. The summed E-state index contributed by atoms with van der Waals surface area (Å²) in [6.45, 7) is 14.9. The molecule has 2 nitrogen and oxygen atoms in total. The highest BCUT2D eigenvalue weighted by atomic mass is 15.2. The highest BCUT2D eigenvalue weighted by Gasteiger charge is 2.47. The van der Waals surface area contributed by atoms with Crippen molar-refractivity contribution in [3.63, 3.8) is 0 Å². The molecule has 2 heteroatoms. The molecule has 2 saturated heterocycles. The summed E-state index contributed by atoms with van der Waals surface area (Å²) in [6, 6.07) is 11.0. The fourth-order valence-electron chi connectivity index (χ4n) is 4.32. The van der Waals surface area contributed by atoms with E-state index in [2.05, 4.69) is 60.9 Å². The predicted octanol–water partition coefficient (Wildman–Crippen LogP) is 3.88. The number of rotatable bonds is 5. The topological polar surface area (TPSA) is 6.48 Å². The zero-order chi connectivity index (χ0) is 15.6. The summed E-state index contributed by atoms with van der Waals surface area (Å²) >= 11 is 0. The molecule has 0 amide bonds. The first-order chi connectivity index (χ1) is 10.6. The average Bonchev–Trinajstić information content (AvgIpc) is 2.48. The molecule has 2 aliphatic heterocycles. The molecule has 0 spiro atoms. The fourth-order valence-corrected chi connectivity index (χ4v) is 4.32. The van der Waals surface area contributed by atoms with Gasteiger partial charge in [-0.25, -0.2) is 0 Å². The minimum absolute atomic E-state index is 0.510. The molecule has 1 aromatic rings. The molecular formula is C20H32N2. The van der Waals surface area contributed by atoms with Crippen molar-refractivity contribution < 1.29 is 0 Å². The molecule has 2 bridgehead atoms. The standard InChI is InChI=1S/C20H32N2/c1-4-5-11-21-13-18-15-22(12-17-9-7-6-8-10-17)16-19(14-21)20(18,2)3/h6-10,18-19H,4-5,11-16H2,1-3H3. The Labute approximate surface area is 136 Å². The van der Waals surface area contributed by atoms with E-state index in [0.29, 0.717) is 5.41 Å². The van der Waals surface area contributed by atoms with Gasteiger partial charge in [0, 0.05) is 32.7 Å². The Morgan fingerprint density at radius 3 is 2.14 bits per heavy atom. The number of hydrogen-bond acceptors (Lipinski definition) is 2. The highest BCUT2D eigenvalue weighted by Crippen LogP contribution is 2.44. The van der Waals surface area contributed by atoms with Crippen LogP contribution >= 0.6 is 0 Å². The van der Waals surface area contributed by atoms with Crippen LogP contribution in [0.4, 0.5) is 0 Å². The number of hydrogen-bond donors (Lipinski definition) is 0. The third-order valence-electron chi connectivity index (χ3n) is 6.10. The Kier molecular flexibility index (Phi) is 4.89. The zero-order valence-corrected chi connectivity index (χ0v) is 14.6. The van der Waals surface area contributed by atoms with Crippen LogP contribution < -0.4 is 0 Å². The van der Waals surface area contributed by atoms with Gasteiger partial charge in [-0.2, -0.15) is 0 Å². The molecule has 1 aromatic carbocycles. The first-order valence-corrected chi connectivity index (χ1v) is 9.08. The molecule has 0 radical (unpaired) electrons. The lowest BCUT2D eigenvalue weighted by atomic mass is 9.63. The molecule has 2 aliphatic rings. The van der Waals surface area contributed by atoms with E-state index in [1.807, 2.05) is 0 Å². The largest absolute Gasteiger partial charge is 0.303 e. The maximum atomic E-state index is 2.74. The van der Waals surface area contributed by atoms with Crippen LogP contribution in [0.2, 0.25) is 0 Å². The zero-order valence-electron chi connectivity index (χ0n) is 14.6. The van der Waals surface area contributed by atoms with Gasteiger partial charge in [-0.15, -0.1) is 0 Å². The smallest absolute Gasteiger partial charge is 0.0233 e. The van der Waals surface area contributed by atoms with Crippen LogP contribution in [0.25, 0.3) is 0 Å². The third-order valence-corrected chi connectivity index (χ3v) is 6.10. The van der Waals surface area contributed by atoms with Crippen LogP contribution in [0.15, 0.2) is 30.3 Å². The fraction of sp³-hybridized carbons (Fsp3) is 0.700. The lowest BCUT2D eigenvalue weighted by Crippen LogP contribution is -2.61. The minimum atomic E-state index is 0.510. The van der Waals surface area contributed by atoms with Gasteiger partial charge in [0.25, 0.3) is 0 Å². The Balaban J connectivity index is 1.65. The Bertz CT molecular complexity index is 450. The van der Waals surface area contributed by atoms with Gasteiger partial charge in [0.15, 0.2) is 0 Å². The summed E-state index contributed by atoms with van der Waals surface area (Å²) in [7, 11) is 0. The molecule has 2 heterocycles. The quantitative estimate of drug-likeness (QED) is 0.814. The van der Waals surface area contributed by atoms with Gasteiger partial charge in [-0.1, -0.05) is 57.5 Å². The molecular weight excluding hydrogens is 268 g/mol. The number of fused-ring (bicyclic) bond motifs is 2. The molecule has 0 aliphatic carbocycles. The van der Waals surface area contributed by atoms with E-state index in [1.165, 1.54) is 51.1 Å². The summed E-state index contributed by atoms with van der Waals surface area (Å²) < 4.78 is 0. The number of unbranched alkanes of at least 4 members (excludes halogenated alkanes) is 1. The summed E-state index contributed by atoms with van der Waals surface area (Å²) in [5.41, 5.74) is 1.97. The molecule has 122 valence electrons. The Morgan fingerprint density at radius 1 is 0.955 bits per heavy atom. The summed E-state index contributed by atoms with van der Waals surface area (Å²) in [6.07, 6.45) is 2.67. The molecule has 0 aromatic heterocycles. The van der Waals surface area contributed by atoms with Crippen molar-refractivity contribution in [1.82, 2.24) is 9.80 Å². The molecule has 2 unspecified atom stereocenters. The van der Waals surface area contributed by atoms with E-state index in [0.717, 1.165) is 18.4 Å². The van der Waals surface area contributed by atoms with Crippen molar-refractivity contribution in [2.75, 3.05) is 32.7 Å². The van der Waals surface area contributed by atoms with Crippen LogP contribution in [0.5, 0.6) is 0 Å². The van der Waals surface area contributed by atoms with E-state index in [4.69, 9.17) is 0 Å². The molecule has 0 saturated carbocycles. The predicted molar refractivity (Wildman–Crippen MR) is 93.8 cm³/mol. The van der Waals surface area contributed by atoms with Gasteiger partial charge in [0.2, 0.25) is 0 Å². The molecule has 0 N–H and O–H groups in total. The SMILES string of the molecule is CCCCN1CC2CN(Cc3ccccc3)CC(C1)C2(C)C. The van der Waals surface area contributed by atoms with E-state index in [1.54, 1.807) is 0 Å². The Hall–Kier alpha value is -0.860. The summed E-state index contributed by atoms with van der Waals surface area (Å²) in [5.74, 6) is 1.64. The van der Waals surface area contributed by atoms with Crippen molar-refractivity contribution in [3.05, 3.63) is 35.9 Å². The van der Waals surface area contributed by atoms with Crippen LogP contribution in [0.1, 0.15) is 39.2 Å². The normalized spacial score (nSPS) is 28.7. The highest BCUT2D eigenvalue weighted by molar-refractivity contribution is 5.15. The van der Waals surface area contributed by atoms with Crippen LogP contribution in [0.3, 0.4) is 0 Å². The molecule has 3 rings (SSSR count). The maximum Gasteiger partial charge on any atom is 0.0233 e. The van der Waals surface area contributed by atoms with Gasteiger partial charge in [-0.3, -0.25) is 4.90 Å². The maximum absolute atomic E-state index is 2.74. The second kappa shape index (κ2) is 6.72. The van der Waals surface area contributed by atoms with Crippen LogP contribution in [0, 0.1) is 17.3 Å². The number of benzene rings is 1. The van der Waals surface area contributed by atoms with Gasteiger partial charge in [0.1, 0.15) is 0 Å². The lowest BCUT2D eigenvalue weighted by Gasteiger charge is -2.56. The van der Waals surface area contributed by atoms with Gasteiger partial charge in [-0.05, 0) is 35.8 Å². The second-order valence-corrected chi connectivity index (χ2v) is 8.01. The van der Waals surface area contributed by atoms with Crippen molar-refractivity contribution >= 4 is 0 Å². The van der Waals surface area contributed by atoms with Crippen LogP contribution in [-0.4, -0.2) is 42.5 Å². The number of piperidine rings is 2. The minimum Gasteiger partial charge on any atom is -0.303 e. The van der Waals surface area contributed by atoms with Gasteiger partial charge >= 0.3 is 0 Å². The molecule has 2 fully saturated rings. The summed E-state index contributed by atoms with van der Waals surface area (Å²) in [5, 5.41) is 0. The molecule has 22 heavy (non-hydrogen) atoms. The monoisotopic (exact) mass is 300 g/mol. The van der Waals surface area contributed by atoms with Gasteiger partial charge < -0.3 is 4.90 Å². The average molecular weight is 300 g/mol. The first-order valence-electron chi connectivity index (χ1n) is 9.08. The second-order valence-electron chi connectivity index (χ2n) is 8.01. The van der Waals surface area contributed by atoms with E-state index < -0.39 is 0 Å². The number of nitrogens with zero attached hydrogens (tertiary/aromatic N) is 2. The van der Waals surface area contributed by atoms with E-state index in [9.17, 15) is 0 Å². The van der Waals surface area contributed by atoms with E-state index >= 15 is 0 Å². The third kappa shape index (κ3) is 3.38. The van der Waals surface area contributed by atoms with Gasteiger partial charge in [0.05, 0.1) is 0 Å². The van der Waals surface area contributed by atoms with Crippen molar-refractivity contribution in [2.24, 2.45) is 17.3 Å². The van der Waals surface area contributed by atoms with E-state index in [-0.39, 0.29) is 0 Å². The Morgan fingerprint density at radius 2 is 1.55 bits per heavy atom. The van der Waals surface area contributed by atoms with Crippen LogP contribution in [-0.2, 0) is 6.54 Å². The van der Waals surface area contributed by atoms with Crippen molar-refractivity contribution in [2.45, 2.75) is 40.2 Å².